The summed E-state index contributed by atoms with van der Waals surface area (Å²) < 4.78 is 0. The molecule has 2 heteroatoms. The summed E-state index contributed by atoms with van der Waals surface area (Å²) in [6, 6.07) is 42.5. The third-order valence-corrected chi connectivity index (χ3v) is 10.9. The van der Waals surface area contributed by atoms with Gasteiger partial charge in [0.2, 0.25) is 0 Å². The molecule has 0 saturated carbocycles. The zero-order chi connectivity index (χ0) is 32.9. The minimum atomic E-state index is -0.172. The monoisotopic (exact) mass is 611 g/mol. The number of benzene rings is 6. The zero-order valence-corrected chi connectivity index (χ0v) is 28.4. The summed E-state index contributed by atoms with van der Waals surface area (Å²) in [4.78, 5) is 13.8. The van der Waals surface area contributed by atoms with Crippen LogP contribution in [0.2, 0.25) is 0 Å². The van der Waals surface area contributed by atoms with Crippen molar-refractivity contribution in [3.05, 3.63) is 149 Å². The average Bonchev–Trinajstić information content (AvgIpc) is 3.28. The number of aldehydes is 1. The molecule has 1 aliphatic heterocycles. The molecule has 47 heavy (non-hydrogen) atoms. The van der Waals surface area contributed by atoms with Gasteiger partial charge >= 0.3 is 0 Å². The second-order valence-electron chi connectivity index (χ2n) is 15.5. The van der Waals surface area contributed by atoms with Crippen molar-refractivity contribution in [3.63, 3.8) is 0 Å². The van der Waals surface area contributed by atoms with E-state index >= 15 is 0 Å². The van der Waals surface area contributed by atoms with E-state index in [9.17, 15) is 4.79 Å². The molecule has 6 aromatic carbocycles. The van der Waals surface area contributed by atoms with Crippen LogP contribution in [-0.2, 0) is 16.2 Å². The largest absolute Gasteiger partial charge is 0.310 e. The first-order valence-electron chi connectivity index (χ1n) is 16.7. The summed E-state index contributed by atoms with van der Waals surface area (Å²) in [5, 5.41) is 2.22. The van der Waals surface area contributed by atoms with Crippen molar-refractivity contribution in [1.82, 2.24) is 0 Å². The summed E-state index contributed by atoms with van der Waals surface area (Å²) in [7, 11) is 0. The van der Waals surface area contributed by atoms with Gasteiger partial charge in [-0.05, 0) is 115 Å². The number of rotatable bonds is 3. The molecule has 0 atom stereocenters. The highest BCUT2D eigenvalue weighted by Gasteiger charge is 2.42. The molecule has 0 amide bonds. The van der Waals surface area contributed by atoms with E-state index in [1.807, 2.05) is 18.2 Å². The first kappa shape index (κ1) is 29.5. The maximum atomic E-state index is 11.3. The van der Waals surface area contributed by atoms with Crippen LogP contribution in [0.1, 0.15) is 86.6 Å². The molecular formula is C45H41NO. The Hall–Kier alpha value is -4.95. The Balaban J connectivity index is 1.28. The van der Waals surface area contributed by atoms with Crippen molar-refractivity contribution in [3.8, 4) is 22.3 Å². The van der Waals surface area contributed by atoms with Gasteiger partial charge in [0.25, 0.3) is 0 Å². The maximum Gasteiger partial charge on any atom is 0.150 e. The molecular weight excluding hydrogens is 571 g/mol. The molecule has 2 nitrogen and oxygen atoms in total. The van der Waals surface area contributed by atoms with Crippen LogP contribution in [0, 0.1) is 0 Å². The third-order valence-electron chi connectivity index (χ3n) is 10.9. The van der Waals surface area contributed by atoms with E-state index in [0.29, 0.717) is 5.56 Å². The van der Waals surface area contributed by atoms with Gasteiger partial charge in [0.1, 0.15) is 6.29 Å². The molecule has 0 saturated heterocycles. The molecule has 8 rings (SSSR count). The van der Waals surface area contributed by atoms with E-state index in [2.05, 4.69) is 150 Å². The maximum absolute atomic E-state index is 11.3. The van der Waals surface area contributed by atoms with E-state index in [1.165, 1.54) is 67.1 Å². The zero-order valence-electron chi connectivity index (χ0n) is 28.4. The lowest BCUT2D eigenvalue weighted by Gasteiger charge is -2.43. The SMILES string of the molecule is CC(C)(C)c1ccc(N2c3ccccc3C(C)(C)c3cc4c(cc32)C(C)(C)c2cc(-c3ccc5cc(C=O)ccc5c3)ccc2-4)cc1. The Labute approximate surface area is 278 Å². The second-order valence-corrected chi connectivity index (χ2v) is 15.5. The summed E-state index contributed by atoms with van der Waals surface area (Å²) in [6.07, 6.45) is 0.910. The Morgan fingerprint density at radius 1 is 0.553 bits per heavy atom. The lowest BCUT2D eigenvalue weighted by atomic mass is 9.71. The molecule has 1 heterocycles. The third kappa shape index (κ3) is 4.42. The molecule has 6 aromatic rings. The number of hydrogen-bond donors (Lipinski definition) is 0. The molecule has 0 bridgehead atoms. The molecule has 0 fully saturated rings. The van der Waals surface area contributed by atoms with Crippen LogP contribution in [0.25, 0.3) is 33.0 Å². The average molecular weight is 612 g/mol. The van der Waals surface area contributed by atoms with Crippen molar-refractivity contribution in [2.24, 2.45) is 0 Å². The van der Waals surface area contributed by atoms with Crippen LogP contribution in [0.4, 0.5) is 17.1 Å². The van der Waals surface area contributed by atoms with Crippen molar-refractivity contribution < 1.29 is 4.79 Å². The predicted molar refractivity (Wildman–Crippen MR) is 198 cm³/mol. The van der Waals surface area contributed by atoms with Crippen molar-refractivity contribution in [2.45, 2.75) is 64.7 Å². The van der Waals surface area contributed by atoms with E-state index in [4.69, 9.17) is 0 Å². The lowest BCUT2D eigenvalue weighted by molar-refractivity contribution is 0.112. The molecule has 0 aromatic heterocycles. The van der Waals surface area contributed by atoms with Crippen LogP contribution in [0.3, 0.4) is 0 Å². The molecule has 232 valence electrons. The Morgan fingerprint density at radius 2 is 1.19 bits per heavy atom. The fourth-order valence-corrected chi connectivity index (χ4v) is 8.01. The van der Waals surface area contributed by atoms with Crippen LogP contribution in [-0.4, -0.2) is 6.29 Å². The first-order valence-corrected chi connectivity index (χ1v) is 16.7. The van der Waals surface area contributed by atoms with Gasteiger partial charge in [-0.1, -0.05) is 115 Å². The Kier molecular flexibility index (Phi) is 6.28. The number of hydrogen-bond acceptors (Lipinski definition) is 2. The quantitative estimate of drug-likeness (QED) is 0.186. The second kappa shape index (κ2) is 10.0. The molecule has 0 N–H and O–H groups in total. The Morgan fingerprint density at radius 3 is 1.94 bits per heavy atom. The van der Waals surface area contributed by atoms with Crippen molar-refractivity contribution in [1.29, 1.82) is 0 Å². The predicted octanol–water partition coefficient (Wildman–Crippen LogP) is 12.0. The highest BCUT2D eigenvalue weighted by molar-refractivity contribution is 5.94. The highest BCUT2D eigenvalue weighted by atomic mass is 16.1. The topological polar surface area (TPSA) is 20.3 Å². The highest BCUT2D eigenvalue weighted by Crippen LogP contribution is 2.57. The number of carbonyl (C=O) groups excluding carboxylic acids is 1. The molecule has 2 aliphatic rings. The van der Waals surface area contributed by atoms with Crippen LogP contribution < -0.4 is 4.90 Å². The van der Waals surface area contributed by atoms with E-state index in [0.717, 1.165) is 17.1 Å². The Bertz CT molecular complexity index is 2240. The van der Waals surface area contributed by atoms with Crippen molar-refractivity contribution in [2.75, 3.05) is 4.90 Å². The molecule has 0 spiro atoms. The summed E-state index contributed by atoms with van der Waals surface area (Å²) in [6.45, 7) is 16.3. The number of nitrogens with zero attached hydrogens (tertiary/aromatic N) is 1. The molecule has 1 aliphatic carbocycles. The number of anilines is 3. The van der Waals surface area contributed by atoms with Gasteiger partial charge in [0.05, 0.1) is 11.4 Å². The number of para-hydroxylation sites is 1. The van der Waals surface area contributed by atoms with Gasteiger partial charge in [-0.3, -0.25) is 4.79 Å². The summed E-state index contributed by atoms with van der Waals surface area (Å²) in [5.74, 6) is 0. The van der Waals surface area contributed by atoms with Crippen LogP contribution in [0.5, 0.6) is 0 Å². The van der Waals surface area contributed by atoms with Gasteiger partial charge in [0, 0.05) is 22.1 Å². The van der Waals surface area contributed by atoms with Crippen LogP contribution >= 0.6 is 0 Å². The van der Waals surface area contributed by atoms with Crippen LogP contribution in [0.15, 0.2) is 115 Å². The van der Waals surface area contributed by atoms with E-state index < -0.39 is 0 Å². The minimum absolute atomic E-state index is 0.0977. The fraction of sp³-hybridized carbons (Fsp3) is 0.222. The standard InChI is InChI=1S/C45H41NO/c1-43(2,3)33-17-19-34(20-18-33)46-41-11-9-8-10-37(41)44(4,5)40-25-36-35-21-16-32(24-38(35)45(6,7)39(36)26-42(40)46)31-15-14-29-22-28(27-47)12-13-30(29)23-31/h8-27H,1-7H3. The first-order chi connectivity index (χ1) is 22.4. The number of carbonyl (C=O) groups is 1. The van der Waals surface area contributed by atoms with E-state index in [1.54, 1.807) is 0 Å². The van der Waals surface area contributed by atoms with Crippen molar-refractivity contribution >= 4 is 34.1 Å². The van der Waals surface area contributed by atoms with Gasteiger partial charge in [-0.25, -0.2) is 0 Å². The van der Waals surface area contributed by atoms with Gasteiger partial charge in [0.15, 0.2) is 0 Å². The minimum Gasteiger partial charge on any atom is -0.310 e. The fourth-order valence-electron chi connectivity index (χ4n) is 8.01. The van der Waals surface area contributed by atoms with Gasteiger partial charge in [-0.2, -0.15) is 0 Å². The molecule has 0 unspecified atom stereocenters. The van der Waals surface area contributed by atoms with Gasteiger partial charge in [-0.15, -0.1) is 0 Å². The summed E-state index contributed by atoms with van der Waals surface area (Å²) in [5.41, 5.74) is 16.0. The number of fused-ring (bicyclic) bond motifs is 6. The van der Waals surface area contributed by atoms with E-state index in [-0.39, 0.29) is 16.2 Å². The smallest absolute Gasteiger partial charge is 0.150 e. The summed E-state index contributed by atoms with van der Waals surface area (Å²) >= 11 is 0. The molecule has 0 radical (unpaired) electrons. The lowest BCUT2D eigenvalue weighted by Crippen LogP contribution is -2.31. The van der Waals surface area contributed by atoms with Gasteiger partial charge < -0.3 is 4.90 Å². The normalized spacial score (nSPS) is 15.5.